The summed E-state index contributed by atoms with van der Waals surface area (Å²) in [6.45, 7) is 3.99. The van der Waals surface area contributed by atoms with Gasteiger partial charge in [-0.05, 0) is 31.5 Å². The number of carbonyl (C=O) groups is 1. The summed E-state index contributed by atoms with van der Waals surface area (Å²) in [5.74, 6) is 0.251. The SMILES string of the molecule is COc1cc(C(=O)Nc2ccc(C)cc2C)ccn1. The van der Waals surface area contributed by atoms with Crippen LogP contribution in [0.15, 0.2) is 36.5 Å². The Morgan fingerprint density at radius 2 is 2.00 bits per heavy atom. The molecule has 0 radical (unpaired) electrons. The average molecular weight is 256 g/mol. The van der Waals surface area contributed by atoms with Gasteiger partial charge in [0.15, 0.2) is 0 Å². The van der Waals surface area contributed by atoms with Crippen LogP contribution in [0.4, 0.5) is 5.69 Å². The second kappa shape index (κ2) is 5.52. The van der Waals surface area contributed by atoms with Crippen LogP contribution < -0.4 is 10.1 Å². The monoisotopic (exact) mass is 256 g/mol. The maximum Gasteiger partial charge on any atom is 0.255 e. The number of benzene rings is 1. The van der Waals surface area contributed by atoms with Crippen LogP contribution in [0.3, 0.4) is 0 Å². The molecule has 0 spiro atoms. The lowest BCUT2D eigenvalue weighted by Crippen LogP contribution is -2.13. The first-order valence-electron chi connectivity index (χ1n) is 5.99. The van der Waals surface area contributed by atoms with E-state index < -0.39 is 0 Å². The summed E-state index contributed by atoms with van der Waals surface area (Å²) < 4.78 is 5.00. The number of aromatic nitrogens is 1. The van der Waals surface area contributed by atoms with Gasteiger partial charge in [-0.15, -0.1) is 0 Å². The Morgan fingerprint density at radius 1 is 1.21 bits per heavy atom. The van der Waals surface area contributed by atoms with Crippen LogP contribution in [0, 0.1) is 13.8 Å². The zero-order valence-electron chi connectivity index (χ0n) is 11.2. The molecule has 0 aliphatic rings. The summed E-state index contributed by atoms with van der Waals surface area (Å²) in [6, 6.07) is 9.17. The molecule has 0 aliphatic heterocycles. The zero-order valence-corrected chi connectivity index (χ0v) is 11.2. The number of nitrogens with zero attached hydrogens (tertiary/aromatic N) is 1. The van der Waals surface area contributed by atoms with Crippen LogP contribution in [0.5, 0.6) is 5.88 Å². The highest BCUT2D eigenvalue weighted by molar-refractivity contribution is 6.04. The Kier molecular flexibility index (Phi) is 3.80. The van der Waals surface area contributed by atoms with E-state index in [-0.39, 0.29) is 5.91 Å². The number of hydrogen-bond acceptors (Lipinski definition) is 3. The highest BCUT2D eigenvalue weighted by atomic mass is 16.5. The number of ether oxygens (including phenoxy) is 1. The molecule has 0 atom stereocenters. The van der Waals surface area contributed by atoms with Crippen LogP contribution in [0.25, 0.3) is 0 Å². The summed E-state index contributed by atoms with van der Waals surface area (Å²) in [5.41, 5.74) is 3.54. The maximum atomic E-state index is 12.1. The van der Waals surface area contributed by atoms with E-state index in [1.165, 1.54) is 12.7 Å². The first kappa shape index (κ1) is 13.1. The van der Waals surface area contributed by atoms with Crippen molar-refractivity contribution in [1.82, 2.24) is 4.98 Å². The van der Waals surface area contributed by atoms with E-state index in [1.807, 2.05) is 32.0 Å². The number of methoxy groups -OCH3 is 1. The summed E-state index contributed by atoms with van der Waals surface area (Å²) in [6.07, 6.45) is 1.55. The highest BCUT2D eigenvalue weighted by Gasteiger charge is 2.09. The van der Waals surface area contributed by atoms with Crippen molar-refractivity contribution in [1.29, 1.82) is 0 Å². The fourth-order valence-electron chi connectivity index (χ4n) is 1.81. The lowest BCUT2D eigenvalue weighted by molar-refractivity contribution is 0.102. The molecule has 4 heteroatoms. The molecule has 0 fully saturated rings. The minimum Gasteiger partial charge on any atom is -0.481 e. The molecule has 1 N–H and O–H groups in total. The molecule has 2 aromatic rings. The summed E-state index contributed by atoms with van der Waals surface area (Å²) >= 11 is 0. The summed E-state index contributed by atoms with van der Waals surface area (Å²) in [4.78, 5) is 16.1. The van der Waals surface area contributed by atoms with Gasteiger partial charge in [0.2, 0.25) is 5.88 Å². The predicted molar refractivity (Wildman–Crippen MR) is 74.7 cm³/mol. The van der Waals surface area contributed by atoms with Crippen molar-refractivity contribution in [2.24, 2.45) is 0 Å². The minimum atomic E-state index is -0.173. The fraction of sp³-hybridized carbons (Fsp3) is 0.200. The normalized spacial score (nSPS) is 10.1. The minimum absolute atomic E-state index is 0.173. The standard InChI is InChI=1S/C15H16N2O2/c1-10-4-5-13(11(2)8-10)17-15(18)12-6-7-16-14(9-12)19-3/h4-9H,1-3H3,(H,17,18). The molecular formula is C15H16N2O2. The summed E-state index contributed by atoms with van der Waals surface area (Å²) in [5, 5.41) is 2.88. The molecule has 0 saturated heterocycles. The zero-order chi connectivity index (χ0) is 13.8. The van der Waals surface area contributed by atoms with Gasteiger partial charge in [0.1, 0.15) is 0 Å². The van der Waals surface area contributed by atoms with Gasteiger partial charge in [0, 0.05) is 23.5 Å². The smallest absolute Gasteiger partial charge is 0.255 e. The number of aryl methyl sites for hydroxylation is 2. The van der Waals surface area contributed by atoms with E-state index in [0.717, 1.165) is 11.3 Å². The topological polar surface area (TPSA) is 51.2 Å². The van der Waals surface area contributed by atoms with Gasteiger partial charge in [0.05, 0.1) is 7.11 Å². The summed E-state index contributed by atoms with van der Waals surface area (Å²) in [7, 11) is 1.52. The van der Waals surface area contributed by atoms with E-state index in [1.54, 1.807) is 18.3 Å². The van der Waals surface area contributed by atoms with Crippen LogP contribution >= 0.6 is 0 Å². The third-order valence-corrected chi connectivity index (χ3v) is 2.84. The average Bonchev–Trinajstić information content (AvgIpc) is 2.42. The molecule has 2 rings (SSSR count). The first-order valence-corrected chi connectivity index (χ1v) is 5.99. The van der Waals surface area contributed by atoms with Gasteiger partial charge in [0.25, 0.3) is 5.91 Å². The van der Waals surface area contributed by atoms with E-state index >= 15 is 0 Å². The van der Waals surface area contributed by atoms with Crippen molar-refractivity contribution in [3.05, 3.63) is 53.2 Å². The second-order valence-corrected chi connectivity index (χ2v) is 4.36. The quantitative estimate of drug-likeness (QED) is 0.918. The van der Waals surface area contributed by atoms with Crippen molar-refractivity contribution < 1.29 is 9.53 Å². The third kappa shape index (κ3) is 3.10. The molecule has 1 amide bonds. The number of pyridine rings is 1. The fourth-order valence-corrected chi connectivity index (χ4v) is 1.81. The molecular weight excluding hydrogens is 240 g/mol. The third-order valence-electron chi connectivity index (χ3n) is 2.84. The Morgan fingerprint density at radius 3 is 2.68 bits per heavy atom. The lowest BCUT2D eigenvalue weighted by Gasteiger charge is -2.09. The maximum absolute atomic E-state index is 12.1. The van der Waals surface area contributed by atoms with E-state index in [0.29, 0.717) is 11.4 Å². The Labute approximate surface area is 112 Å². The predicted octanol–water partition coefficient (Wildman–Crippen LogP) is 2.96. The number of nitrogens with one attached hydrogen (secondary N) is 1. The van der Waals surface area contributed by atoms with Gasteiger partial charge in [-0.25, -0.2) is 4.98 Å². The number of anilines is 1. The molecule has 1 aromatic heterocycles. The molecule has 98 valence electrons. The van der Waals surface area contributed by atoms with Crippen LogP contribution in [0.2, 0.25) is 0 Å². The van der Waals surface area contributed by atoms with Crippen LogP contribution in [0.1, 0.15) is 21.5 Å². The Hall–Kier alpha value is -2.36. The molecule has 0 bridgehead atoms. The lowest BCUT2D eigenvalue weighted by atomic mass is 10.1. The number of hydrogen-bond donors (Lipinski definition) is 1. The van der Waals surface area contributed by atoms with Crippen LogP contribution in [-0.2, 0) is 0 Å². The van der Waals surface area contributed by atoms with E-state index in [2.05, 4.69) is 10.3 Å². The van der Waals surface area contributed by atoms with Crippen molar-refractivity contribution in [3.8, 4) is 5.88 Å². The number of amides is 1. The Balaban J connectivity index is 2.20. The van der Waals surface area contributed by atoms with Gasteiger partial charge in [-0.2, -0.15) is 0 Å². The van der Waals surface area contributed by atoms with Crippen molar-refractivity contribution in [2.75, 3.05) is 12.4 Å². The van der Waals surface area contributed by atoms with Crippen LogP contribution in [-0.4, -0.2) is 18.0 Å². The number of carbonyl (C=O) groups excluding carboxylic acids is 1. The molecule has 1 heterocycles. The Bertz CT molecular complexity index is 609. The first-order chi connectivity index (χ1) is 9.10. The second-order valence-electron chi connectivity index (χ2n) is 4.36. The molecule has 0 unspecified atom stereocenters. The molecule has 0 aliphatic carbocycles. The van der Waals surface area contributed by atoms with Crippen molar-refractivity contribution in [2.45, 2.75) is 13.8 Å². The van der Waals surface area contributed by atoms with Gasteiger partial charge < -0.3 is 10.1 Å². The van der Waals surface area contributed by atoms with Gasteiger partial charge >= 0.3 is 0 Å². The largest absolute Gasteiger partial charge is 0.481 e. The molecule has 19 heavy (non-hydrogen) atoms. The van der Waals surface area contributed by atoms with Crippen molar-refractivity contribution >= 4 is 11.6 Å². The highest BCUT2D eigenvalue weighted by Crippen LogP contribution is 2.17. The number of rotatable bonds is 3. The van der Waals surface area contributed by atoms with E-state index in [4.69, 9.17) is 4.74 Å². The van der Waals surface area contributed by atoms with E-state index in [9.17, 15) is 4.79 Å². The molecule has 4 nitrogen and oxygen atoms in total. The van der Waals surface area contributed by atoms with Crippen molar-refractivity contribution in [3.63, 3.8) is 0 Å². The molecule has 1 aromatic carbocycles. The van der Waals surface area contributed by atoms with Gasteiger partial charge in [-0.1, -0.05) is 17.7 Å². The van der Waals surface area contributed by atoms with Gasteiger partial charge in [-0.3, -0.25) is 4.79 Å². The molecule has 0 saturated carbocycles.